The van der Waals surface area contributed by atoms with Crippen molar-refractivity contribution in [3.05, 3.63) is 41.6 Å². The fourth-order valence-corrected chi connectivity index (χ4v) is 2.04. The second kappa shape index (κ2) is 5.79. The quantitative estimate of drug-likeness (QED) is 0.442. The van der Waals surface area contributed by atoms with Crippen LogP contribution in [0.3, 0.4) is 0 Å². The number of thioether (sulfide) groups is 1. The number of hydrogen-bond donors (Lipinski definition) is 0. The Morgan fingerprint density at radius 3 is 2.14 bits per heavy atom. The number of benzene rings is 1. The molecule has 0 aliphatic rings. The number of nitrogens with zero attached hydrogens (tertiary/aromatic N) is 2. The van der Waals surface area contributed by atoms with E-state index in [1.807, 2.05) is 0 Å². The second-order valence-electron chi connectivity index (χ2n) is 4.20. The Morgan fingerprint density at radius 1 is 0.909 bits per heavy atom. The van der Waals surface area contributed by atoms with Crippen molar-refractivity contribution in [2.75, 3.05) is 6.26 Å². The van der Waals surface area contributed by atoms with Crippen LogP contribution in [0.15, 0.2) is 35.5 Å². The highest BCUT2D eigenvalue weighted by molar-refractivity contribution is 7.98. The molecule has 2 rings (SSSR count). The molecule has 0 atom stereocenters. The maximum absolute atomic E-state index is 12.8. The Morgan fingerprint density at radius 2 is 1.59 bits per heavy atom. The summed E-state index contributed by atoms with van der Waals surface area (Å²) in [6.07, 6.45) is -7.81. The number of halogens is 6. The summed E-state index contributed by atoms with van der Waals surface area (Å²) >= 11 is 0.873. The highest BCUT2D eigenvalue weighted by atomic mass is 32.2. The van der Waals surface area contributed by atoms with Gasteiger partial charge in [0.1, 0.15) is 5.69 Å². The number of rotatable bonds is 2. The Bertz CT molecular complexity index is 681. The molecule has 9 heteroatoms. The first-order chi connectivity index (χ1) is 10.1. The minimum atomic E-state index is -4.70. The van der Waals surface area contributed by atoms with E-state index in [1.54, 1.807) is 0 Å². The van der Waals surface area contributed by atoms with Crippen LogP contribution in [-0.2, 0) is 12.4 Å². The maximum Gasteiger partial charge on any atom is 0.433 e. The smallest absolute Gasteiger partial charge is 0.222 e. The van der Waals surface area contributed by atoms with E-state index in [2.05, 4.69) is 9.97 Å². The molecule has 1 aromatic heterocycles. The lowest BCUT2D eigenvalue weighted by molar-refractivity contribution is -0.141. The van der Waals surface area contributed by atoms with Gasteiger partial charge in [0.2, 0.25) is 0 Å². The molecular formula is C13H8F6N2S. The van der Waals surface area contributed by atoms with Crippen LogP contribution in [0.5, 0.6) is 0 Å². The predicted octanol–water partition coefficient (Wildman–Crippen LogP) is 4.90. The van der Waals surface area contributed by atoms with Crippen molar-refractivity contribution in [3.8, 4) is 11.3 Å². The average Bonchev–Trinajstić information content (AvgIpc) is 2.45. The van der Waals surface area contributed by atoms with Crippen LogP contribution in [0.2, 0.25) is 0 Å². The van der Waals surface area contributed by atoms with E-state index in [1.165, 1.54) is 12.3 Å². The molecule has 118 valence electrons. The molecule has 1 heterocycles. The Labute approximate surface area is 125 Å². The summed E-state index contributed by atoms with van der Waals surface area (Å²) < 4.78 is 76.4. The first-order valence-corrected chi connectivity index (χ1v) is 7.01. The van der Waals surface area contributed by atoms with Gasteiger partial charge in [-0.3, -0.25) is 0 Å². The van der Waals surface area contributed by atoms with E-state index in [0.29, 0.717) is 6.07 Å². The van der Waals surface area contributed by atoms with Crippen LogP contribution >= 0.6 is 11.8 Å². The number of aromatic nitrogens is 2. The van der Waals surface area contributed by atoms with Gasteiger partial charge in [-0.05, 0) is 24.5 Å². The fourth-order valence-electron chi connectivity index (χ4n) is 1.66. The van der Waals surface area contributed by atoms with Crippen molar-refractivity contribution in [2.24, 2.45) is 0 Å². The fraction of sp³-hybridized carbons (Fsp3) is 0.231. The lowest BCUT2D eigenvalue weighted by Crippen LogP contribution is -2.10. The summed E-state index contributed by atoms with van der Waals surface area (Å²) in [6, 6.07) is 4.61. The van der Waals surface area contributed by atoms with Crippen molar-refractivity contribution >= 4 is 11.8 Å². The highest BCUT2D eigenvalue weighted by Gasteiger charge is 2.34. The van der Waals surface area contributed by atoms with Crippen LogP contribution in [0.25, 0.3) is 11.3 Å². The molecule has 0 aliphatic heterocycles. The zero-order valence-corrected chi connectivity index (χ0v) is 11.8. The van der Waals surface area contributed by atoms with Crippen molar-refractivity contribution in [3.63, 3.8) is 0 Å². The van der Waals surface area contributed by atoms with Crippen molar-refractivity contribution < 1.29 is 26.3 Å². The van der Waals surface area contributed by atoms with E-state index in [9.17, 15) is 26.3 Å². The SMILES string of the molecule is CSc1nc(-c2cccc(C(F)(F)F)c2)cc(C(F)(F)F)n1. The molecule has 0 aliphatic carbocycles. The minimum Gasteiger partial charge on any atom is -0.222 e. The predicted molar refractivity (Wildman–Crippen MR) is 69.3 cm³/mol. The molecule has 2 aromatic rings. The average molecular weight is 338 g/mol. The summed E-state index contributed by atoms with van der Waals surface area (Å²) in [5.41, 5.74) is -2.42. The maximum atomic E-state index is 12.8. The first kappa shape index (κ1) is 16.6. The summed E-state index contributed by atoms with van der Waals surface area (Å²) in [7, 11) is 0. The summed E-state index contributed by atoms with van der Waals surface area (Å²) in [5.74, 6) is 0. The molecule has 0 fully saturated rings. The zero-order chi connectivity index (χ0) is 16.5. The van der Waals surface area contributed by atoms with Gasteiger partial charge in [-0.25, -0.2) is 9.97 Å². The normalized spacial score (nSPS) is 12.5. The topological polar surface area (TPSA) is 25.8 Å². The van der Waals surface area contributed by atoms with E-state index < -0.39 is 23.6 Å². The Balaban J connectivity index is 2.57. The molecule has 0 saturated carbocycles. The molecule has 22 heavy (non-hydrogen) atoms. The van der Waals surface area contributed by atoms with Gasteiger partial charge in [-0.2, -0.15) is 26.3 Å². The molecule has 0 amide bonds. The van der Waals surface area contributed by atoms with Gasteiger partial charge in [0.15, 0.2) is 5.16 Å². The number of alkyl halides is 6. The molecule has 2 nitrogen and oxygen atoms in total. The Kier molecular flexibility index (Phi) is 4.37. The van der Waals surface area contributed by atoms with Crippen molar-refractivity contribution in [1.29, 1.82) is 0 Å². The van der Waals surface area contributed by atoms with Gasteiger partial charge < -0.3 is 0 Å². The first-order valence-electron chi connectivity index (χ1n) is 5.79. The standard InChI is InChI=1S/C13H8F6N2S/c1-22-11-20-9(6-10(21-11)13(17,18)19)7-3-2-4-8(5-7)12(14,15)16/h2-6H,1H3. The van der Waals surface area contributed by atoms with E-state index in [-0.39, 0.29) is 16.4 Å². The monoisotopic (exact) mass is 338 g/mol. The third-order valence-corrected chi connectivity index (χ3v) is 3.21. The summed E-state index contributed by atoms with van der Waals surface area (Å²) in [6.45, 7) is 0. The van der Waals surface area contributed by atoms with E-state index in [4.69, 9.17) is 0 Å². The molecule has 0 spiro atoms. The van der Waals surface area contributed by atoms with Gasteiger partial charge in [-0.1, -0.05) is 23.9 Å². The van der Waals surface area contributed by atoms with Crippen LogP contribution in [0, 0.1) is 0 Å². The van der Waals surface area contributed by atoms with Gasteiger partial charge in [0, 0.05) is 5.56 Å². The Hall–Kier alpha value is -1.77. The van der Waals surface area contributed by atoms with Crippen molar-refractivity contribution in [2.45, 2.75) is 17.5 Å². The van der Waals surface area contributed by atoms with E-state index in [0.717, 1.165) is 30.0 Å². The molecule has 0 bridgehead atoms. The van der Waals surface area contributed by atoms with Crippen molar-refractivity contribution in [1.82, 2.24) is 9.97 Å². The molecular weight excluding hydrogens is 330 g/mol. The van der Waals surface area contributed by atoms with Gasteiger partial charge >= 0.3 is 12.4 Å². The third kappa shape index (κ3) is 3.70. The van der Waals surface area contributed by atoms with Gasteiger partial charge in [0.05, 0.1) is 11.3 Å². The van der Waals surface area contributed by atoms with Crippen LogP contribution in [-0.4, -0.2) is 16.2 Å². The van der Waals surface area contributed by atoms with Gasteiger partial charge in [-0.15, -0.1) is 0 Å². The number of hydrogen-bond acceptors (Lipinski definition) is 3. The molecule has 0 saturated heterocycles. The van der Waals surface area contributed by atoms with Crippen LogP contribution in [0.1, 0.15) is 11.3 Å². The second-order valence-corrected chi connectivity index (χ2v) is 4.97. The largest absolute Gasteiger partial charge is 0.433 e. The van der Waals surface area contributed by atoms with Crippen LogP contribution in [0.4, 0.5) is 26.3 Å². The summed E-state index contributed by atoms with van der Waals surface area (Å²) in [5, 5.41) is -0.165. The van der Waals surface area contributed by atoms with Crippen LogP contribution < -0.4 is 0 Å². The summed E-state index contributed by atoms with van der Waals surface area (Å²) in [4.78, 5) is 7.17. The van der Waals surface area contributed by atoms with Gasteiger partial charge in [0.25, 0.3) is 0 Å². The molecule has 0 unspecified atom stereocenters. The highest BCUT2D eigenvalue weighted by Crippen LogP contribution is 2.34. The third-order valence-electron chi connectivity index (χ3n) is 2.66. The minimum absolute atomic E-state index is 0.0574. The molecule has 1 aromatic carbocycles. The zero-order valence-electron chi connectivity index (χ0n) is 11.0. The van der Waals surface area contributed by atoms with E-state index >= 15 is 0 Å². The molecule has 0 radical (unpaired) electrons. The molecule has 0 N–H and O–H groups in total. The lowest BCUT2D eigenvalue weighted by Gasteiger charge is -2.11. The lowest BCUT2D eigenvalue weighted by atomic mass is 10.1.